The smallest absolute Gasteiger partial charge is 0.234 e. The summed E-state index contributed by atoms with van der Waals surface area (Å²) in [4.78, 5) is 13.4. The molecular weight excluding hydrogens is 292 g/mol. The van der Waals surface area contributed by atoms with Gasteiger partial charge in [-0.15, -0.1) is 0 Å². The predicted octanol–water partition coefficient (Wildman–Crippen LogP) is 1.81. The number of rotatable bonds is 9. The maximum atomic E-state index is 11.6. The molecule has 0 unspecified atom stereocenters. The van der Waals surface area contributed by atoms with E-state index in [0.29, 0.717) is 13.1 Å². The van der Waals surface area contributed by atoms with Crippen LogP contribution in [0.5, 0.6) is 5.75 Å². The van der Waals surface area contributed by atoms with Gasteiger partial charge in [-0.05, 0) is 50.9 Å². The third-order valence-electron chi connectivity index (χ3n) is 3.80. The third-order valence-corrected chi connectivity index (χ3v) is 3.80. The summed E-state index contributed by atoms with van der Waals surface area (Å²) >= 11 is 0. The molecule has 1 amide bonds. The zero-order valence-corrected chi connectivity index (χ0v) is 15.0. The van der Waals surface area contributed by atoms with Crippen LogP contribution in [0.2, 0.25) is 0 Å². The molecule has 23 heavy (non-hydrogen) atoms. The van der Waals surface area contributed by atoms with Gasteiger partial charge in [-0.3, -0.25) is 9.69 Å². The van der Waals surface area contributed by atoms with Gasteiger partial charge in [-0.1, -0.05) is 19.1 Å². The van der Waals surface area contributed by atoms with Crippen molar-refractivity contribution in [3.05, 3.63) is 28.8 Å². The number of amides is 1. The molecule has 0 heterocycles. The lowest BCUT2D eigenvalue weighted by atomic mass is 10.1. The summed E-state index contributed by atoms with van der Waals surface area (Å²) in [6.45, 7) is 9.65. The first-order valence-electron chi connectivity index (χ1n) is 8.18. The lowest BCUT2D eigenvalue weighted by Gasteiger charge is -2.21. The first-order valence-corrected chi connectivity index (χ1v) is 8.18. The van der Waals surface area contributed by atoms with Gasteiger partial charge in [0.05, 0.1) is 6.54 Å². The molecule has 0 saturated heterocycles. The Labute approximate surface area is 139 Å². The number of nitrogens with one attached hydrogen (secondary N) is 1. The fourth-order valence-electron chi connectivity index (χ4n) is 2.37. The van der Waals surface area contributed by atoms with Gasteiger partial charge in [0.2, 0.25) is 5.91 Å². The molecule has 0 aliphatic heterocycles. The molecule has 0 spiro atoms. The van der Waals surface area contributed by atoms with Crippen LogP contribution in [-0.4, -0.2) is 55.3 Å². The first kappa shape index (κ1) is 19.5. The van der Waals surface area contributed by atoms with Crippen LogP contribution in [-0.2, 0) is 4.79 Å². The van der Waals surface area contributed by atoms with E-state index in [0.717, 1.165) is 23.3 Å². The number of nitrogens with zero attached hydrogens (tertiary/aromatic N) is 1. The molecule has 1 aromatic carbocycles. The van der Waals surface area contributed by atoms with E-state index in [-0.39, 0.29) is 19.1 Å². The highest BCUT2D eigenvalue weighted by Crippen LogP contribution is 2.25. The zero-order valence-electron chi connectivity index (χ0n) is 15.0. The fraction of sp³-hybridized carbons (Fsp3) is 0.611. The third kappa shape index (κ3) is 6.59. The monoisotopic (exact) mass is 322 g/mol. The van der Waals surface area contributed by atoms with Crippen LogP contribution in [0.25, 0.3) is 0 Å². The van der Waals surface area contributed by atoms with Gasteiger partial charge in [0.15, 0.2) is 0 Å². The van der Waals surface area contributed by atoms with Crippen molar-refractivity contribution in [3.8, 4) is 5.75 Å². The lowest BCUT2D eigenvalue weighted by Crippen LogP contribution is -2.40. The standard InChI is InChI=1S/C18H30N2O3/c1-6-9-19-17(22)11-20(5)10-16(21)12-23-18-14(3)8-7-13(2)15(18)4/h7-8,16,21H,6,9-12H2,1-5H3,(H,19,22)/t16-/m0/s1. The molecule has 130 valence electrons. The van der Waals surface area contributed by atoms with E-state index in [1.165, 1.54) is 5.56 Å². The maximum Gasteiger partial charge on any atom is 0.234 e. The van der Waals surface area contributed by atoms with Crippen molar-refractivity contribution in [2.75, 3.05) is 33.3 Å². The van der Waals surface area contributed by atoms with Gasteiger partial charge in [-0.25, -0.2) is 0 Å². The summed E-state index contributed by atoms with van der Waals surface area (Å²) in [6.07, 6.45) is 0.277. The van der Waals surface area contributed by atoms with E-state index < -0.39 is 6.10 Å². The number of hydrogen-bond acceptors (Lipinski definition) is 4. The van der Waals surface area contributed by atoms with Crippen molar-refractivity contribution < 1.29 is 14.6 Å². The largest absolute Gasteiger partial charge is 0.490 e. The Morgan fingerprint density at radius 3 is 2.61 bits per heavy atom. The zero-order chi connectivity index (χ0) is 17.4. The average molecular weight is 322 g/mol. The Balaban J connectivity index is 2.44. The average Bonchev–Trinajstić information content (AvgIpc) is 2.48. The molecule has 0 fully saturated rings. The molecule has 0 aliphatic carbocycles. The quantitative estimate of drug-likeness (QED) is 0.728. The molecule has 2 N–H and O–H groups in total. The molecule has 5 heteroatoms. The number of aliphatic hydroxyl groups is 1. The molecule has 0 aliphatic rings. The first-order chi connectivity index (χ1) is 10.8. The molecule has 1 rings (SSSR count). The van der Waals surface area contributed by atoms with Crippen LogP contribution < -0.4 is 10.1 Å². The van der Waals surface area contributed by atoms with Crippen molar-refractivity contribution in [3.63, 3.8) is 0 Å². The van der Waals surface area contributed by atoms with E-state index in [1.807, 2.05) is 40.8 Å². The fourth-order valence-corrected chi connectivity index (χ4v) is 2.37. The molecule has 1 aromatic rings. The minimum absolute atomic E-state index is 0.0205. The van der Waals surface area contributed by atoms with Crippen molar-refractivity contribution in [1.82, 2.24) is 10.2 Å². The van der Waals surface area contributed by atoms with E-state index in [9.17, 15) is 9.90 Å². The Kier molecular flexibility index (Phi) is 8.06. The van der Waals surface area contributed by atoms with E-state index in [1.54, 1.807) is 4.90 Å². The number of hydrogen-bond donors (Lipinski definition) is 2. The van der Waals surface area contributed by atoms with E-state index in [4.69, 9.17) is 4.74 Å². The summed E-state index contributed by atoms with van der Waals surface area (Å²) in [7, 11) is 1.82. The number of aliphatic hydroxyl groups excluding tert-OH is 1. The van der Waals surface area contributed by atoms with Crippen LogP contribution in [0.4, 0.5) is 0 Å². The Morgan fingerprint density at radius 2 is 1.96 bits per heavy atom. The Bertz CT molecular complexity index is 517. The van der Waals surface area contributed by atoms with Crippen molar-refractivity contribution >= 4 is 5.91 Å². The number of carbonyl (C=O) groups excluding carboxylic acids is 1. The van der Waals surface area contributed by atoms with Gasteiger partial charge in [0.25, 0.3) is 0 Å². The summed E-state index contributed by atoms with van der Waals surface area (Å²) in [5.41, 5.74) is 3.34. The number of aryl methyl sites for hydroxylation is 2. The second kappa shape index (κ2) is 9.53. The molecule has 0 bridgehead atoms. The molecular formula is C18H30N2O3. The second-order valence-corrected chi connectivity index (χ2v) is 6.17. The minimum atomic E-state index is -0.640. The Morgan fingerprint density at radius 1 is 1.30 bits per heavy atom. The number of carbonyl (C=O) groups is 1. The van der Waals surface area contributed by atoms with Crippen LogP contribution in [0, 0.1) is 20.8 Å². The van der Waals surface area contributed by atoms with E-state index >= 15 is 0 Å². The van der Waals surface area contributed by atoms with Crippen LogP contribution >= 0.6 is 0 Å². The van der Waals surface area contributed by atoms with Crippen LogP contribution in [0.3, 0.4) is 0 Å². The summed E-state index contributed by atoms with van der Waals surface area (Å²) in [5.74, 6) is 0.820. The van der Waals surface area contributed by atoms with Gasteiger partial charge in [0, 0.05) is 13.1 Å². The number of benzene rings is 1. The topological polar surface area (TPSA) is 61.8 Å². The SMILES string of the molecule is CCCNC(=O)CN(C)C[C@H](O)COc1c(C)ccc(C)c1C. The normalized spacial score (nSPS) is 12.3. The van der Waals surface area contributed by atoms with Gasteiger partial charge in [-0.2, -0.15) is 0 Å². The van der Waals surface area contributed by atoms with Crippen molar-refractivity contribution in [2.24, 2.45) is 0 Å². The minimum Gasteiger partial charge on any atom is -0.490 e. The highest BCUT2D eigenvalue weighted by atomic mass is 16.5. The van der Waals surface area contributed by atoms with Crippen molar-refractivity contribution in [1.29, 1.82) is 0 Å². The molecule has 5 nitrogen and oxygen atoms in total. The van der Waals surface area contributed by atoms with Crippen molar-refractivity contribution in [2.45, 2.75) is 40.2 Å². The van der Waals surface area contributed by atoms with Gasteiger partial charge >= 0.3 is 0 Å². The molecule has 1 atom stereocenters. The highest BCUT2D eigenvalue weighted by molar-refractivity contribution is 5.77. The summed E-state index contributed by atoms with van der Waals surface area (Å²) < 4.78 is 5.80. The van der Waals surface area contributed by atoms with Crippen LogP contribution in [0.1, 0.15) is 30.0 Å². The highest BCUT2D eigenvalue weighted by Gasteiger charge is 2.14. The van der Waals surface area contributed by atoms with Gasteiger partial charge in [0.1, 0.15) is 18.5 Å². The second-order valence-electron chi connectivity index (χ2n) is 6.17. The predicted molar refractivity (Wildman–Crippen MR) is 93.0 cm³/mol. The number of likely N-dealkylation sites (N-methyl/N-ethyl adjacent to an activating group) is 1. The summed E-state index contributed by atoms with van der Waals surface area (Å²) in [5, 5.41) is 12.9. The maximum absolute atomic E-state index is 11.6. The van der Waals surface area contributed by atoms with E-state index in [2.05, 4.69) is 11.4 Å². The van der Waals surface area contributed by atoms with Crippen LogP contribution in [0.15, 0.2) is 12.1 Å². The molecule has 0 saturated carbocycles. The summed E-state index contributed by atoms with van der Waals surface area (Å²) in [6, 6.07) is 4.09. The molecule has 0 aromatic heterocycles. The lowest BCUT2D eigenvalue weighted by molar-refractivity contribution is -0.122. The number of ether oxygens (including phenoxy) is 1. The Hall–Kier alpha value is -1.59. The molecule has 0 radical (unpaired) electrons. The van der Waals surface area contributed by atoms with Gasteiger partial charge < -0.3 is 15.2 Å².